The molecule has 4 atom stereocenters. The minimum absolute atomic E-state index is 0.767. The smallest absolute Gasteiger partial charge is 0.264 e. The van der Waals surface area contributed by atoms with E-state index in [4.69, 9.17) is 9.97 Å². The van der Waals surface area contributed by atoms with Crippen molar-refractivity contribution in [3.05, 3.63) is 362 Å². The average molecular weight is 1660 g/mol. The molecule has 0 N–H and O–H groups in total. The molecule has 13 aliphatic rings. The number of nitrogens with zero attached hydrogens (tertiary/aromatic N) is 18. The molecular formula is C112H60N18+8. The van der Waals surface area contributed by atoms with Crippen molar-refractivity contribution in [2.75, 3.05) is 0 Å². The third-order valence-electron chi connectivity index (χ3n) is 33.8. The van der Waals surface area contributed by atoms with Gasteiger partial charge < -0.3 is 0 Å². The Morgan fingerprint density at radius 3 is 0.754 bits per heavy atom. The summed E-state index contributed by atoms with van der Waals surface area (Å²) in [5.41, 5.74) is 41.9. The first-order valence-corrected chi connectivity index (χ1v) is 45.6. The summed E-state index contributed by atoms with van der Waals surface area (Å²) in [5.74, 6) is -3.93. The van der Waals surface area contributed by atoms with E-state index in [0.29, 0.717) is 0 Å². The van der Waals surface area contributed by atoms with E-state index in [9.17, 15) is 0 Å². The summed E-state index contributed by atoms with van der Waals surface area (Å²) in [6, 6.07) is 101. The maximum atomic E-state index is 4.90. The third kappa shape index (κ3) is 5.74. The number of aromatic nitrogens is 18. The molecule has 18 aromatic heterocycles. The Morgan fingerprint density at radius 1 is 0.200 bits per heavy atom. The van der Waals surface area contributed by atoms with Crippen LogP contribution in [0.4, 0.5) is 0 Å². The zero-order chi connectivity index (χ0) is 82.3. The maximum Gasteiger partial charge on any atom is 0.553 e. The highest BCUT2D eigenvalue weighted by Gasteiger charge is 2.76. The minimum Gasteiger partial charge on any atom is -0.264 e. The van der Waals surface area contributed by atoms with Gasteiger partial charge in [0.05, 0.1) is 132 Å². The first kappa shape index (κ1) is 62.1. The lowest BCUT2D eigenvalue weighted by Gasteiger charge is -2.40. The fourth-order valence-electron chi connectivity index (χ4n) is 30.1. The molecule has 26 aromatic rings. The van der Waals surface area contributed by atoms with Gasteiger partial charge in [0.15, 0.2) is 37.2 Å². The van der Waals surface area contributed by atoms with Crippen molar-refractivity contribution >= 4 is 141 Å². The quantitative estimate of drug-likeness (QED) is 0.141. The van der Waals surface area contributed by atoms with Crippen LogP contribution in [0.1, 0.15) is 45.6 Å². The van der Waals surface area contributed by atoms with Gasteiger partial charge in [-0.05, 0) is 109 Å². The Kier molecular flexibility index (Phi) is 9.08. The van der Waals surface area contributed by atoms with Crippen LogP contribution in [0.5, 0.6) is 0 Å². The fraction of sp³-hybridized carbons (Fsp3) is 0.0714. The van der Waals surface area contributed by atoms with Gasteiger partial charge in [0.1, 0.15) is 0 Å². The molecule has 13 aliphatic heterocycles. The Hall–Kier alpha value is -17.1. The lowest BCUT2D eigenvalue weighted by atomic mass is 9.92. The number of hydrogen-bond donors (Lipinski definition) is 0. The van der Waals surface area contributed by atoms with E-state index in [0.717, 1.165) is 42.1 Å². The van der Waals surface area contributed by atoms with E-state index in [2.05, 4.69) is 371 Å². The molecular weight excluding hydrogens is 1600 g/mol. The number of fused-ring (bicyclic) bond motifs is 28. The normalized spacial score (nSPS) is 19.4. The summed E-state index contributed by atoms with van der Waals surface area (Å²) in [5, 5.41) is 21.7. The second-order valence-corrected chi connectivity index (χ2v) is 38.9. The van der Waals surface area contributed by atoms with Crippen LogP contribution in [-0.2, 0) is 49.3 Å². The molecule has 39 rings (SSSR count). The van der Waals surface area contributed by atoms with Gasteiger partial charge >= 0.3 is 23.6 Å². The summed E-state index contributed by atoms with van der Waals surface area (Å²) >= 11 is 0. The van der Waals surface area contributed by atoms with Gasteiger partial charge in [0.2, 0.25) is 45.6 Å². The highest BCUT2D eigenvalue weighted by molar-refractivity contribution is 6.16. The highest BCUT2D eigenvalue weighted by Crippen LogP contribution is 2.59. The first-order chi connectivity index (χ1) is 64.4. The number of para-hydroxylation sites is 8. The van der Waals surface area contributed by atoms with Gasteiger partial charge in [-0.2, -0.15) is 0 Å². The molecule has 0 amide bonds. The van der Waals surface area contributed by atoms with Crippen LogP contribution in [0.2, 0.25) is 0 Å². The Labute approximate surface area is 732 Å². The molecule has 0 bridgehead atoms. The van der Waals surface area contributed by atoms with Gasteiger partial charge in [0.25, 0.3) is 11.4 Å². The van der Waals surface area contributed by atoms with Gasteiger partial charge in [-0.3, -0.25) is 9.97 Å². The molecule has 31 heterocycles. The molecule has 130 heavy (non-hydrogen) atoms. The van der Waals surface area contributed by atoms with Gasteiger partial charge in [0, 0.05) is 198 Å². The van der Waals surface area contributed by atoms with Gasteiger partial charge in [-0.25, -0.2) is 36.5 Å². The van der Waals surface area contributed by atoms with Crippen LogP contribution < -0.4 is 36.5 Å². The molecule has 0 saturated heterocycles. The Morgan fingerprint density at radius 2 is 0.438 bits per heavy atom. The van der Waals surface area contributed by atoms with Gasteiger partial charge in [-0.15, -0.1) is 0 Å². The zero-order valence-electron chi connectivity index (χ0n) is 68.9. The van der Waals surface area contributed by atoms with Crippen molar-refractivity contribution in [3.63, 3.8) is 0 Å². The molecule has 0 saturated carbocycles. The highest BCUT2D eigenvalue weighted by atomic mass is 15.6. The SMILES string of the molecule is c1cc2c3c(c1)cc1n3C3(n4c(cc5cccc(c54)-c4c5cc[n+]6c(c5cc[n+]43)-c3cccc4cc5n(c34)C63n4c(cc6cccc(c64)-c4c6cc[n+]7c(c6cc[n+]43)-c3cccc4cc6n(c34)C73n4c(cc7cccc(c74)-c4c7cc8[n+]9c(c7cc[n+]43)-c3cccc4cc7n(c34)C93n4c(cc9cccc(c94)-c4c9ccncc9cc-8[n+]43)C7)C6)C5)C1)[n+]1ccc3cnccc3c1-2. The average Bonchev–Trinajstić information content (AvgIpc) is 1.55. The van der Waals surface area contributed by atoms with E-state index in [1.807, 2.05) is 18.6 Å². The number of rotatable bonds is 0. The predicted octanol–water partition coefficient (Wildman–Crippen LogP) is 16.5. The van der Waals surface area contributed by atoms with Crippen molar-refractivity contribution in [3.8, 4) is 101 Å². The monoisotopic (exact) mass is 1660 g/mol. The van der Waals surface area contributed by atoms with Crippen molar-refractivity contribution in [1.82, 2.24) is 46.5 Å². The van der Waals surface area contributed by atoms with Crippen molar-refractivity contribution < 1.29 is 36.5 Å². The third-order valence-corrected chi connectivity index (χ3v) is 33.8. The number of benzene rings is 8. The van der Waals surface area contributed by atoms with E-state index < -0.39 is 23.6 Å². The topological polar surface area (TPSA) is 96.3 Å². The van der Waals surface area contributed by atoms with Crippen LogP contribution in [0.3, 0.4) is 0 Å². The molecule has 590 valence electrons. The molecule has 8 aromatic carbocycles. The van der Waals surface area contributed by atoms with Gasteiger partial charge in [-0.1, -0.05) is 134 Å². The number of hydrogen-bond acceptors (Lipinski definition) is 2. The summed E-state index contributed by atoms with van der Waals surface area (Å²) in [4.78, 5) is 9.62. The Bertz CT molecular complexity index is 10500. The molecule has 4 unspecified atom stereocenters. The lowest BCUT2D eigenvalue weighted by Crippen LogP contribution is -2.84. The maximum absolute atomic E-state index is 4.90. The standard InChI is InChI=1S/C112H60N18/c1-9-57-41-67-50-68-42-58-10-2-18-83-94(58)122(68)109(115-35-27-65-55-113-33-25-75(65)101(115)82(17-1)93(57)121(67)109)116-36-28-78-77(102(83)116)29-37-117-103(78)84-19-3-11-59-43-69-51-70-44-60-12-4-20-85-96(60)124(70)110(117,123(69)95(59)84)118-38-30-80-79(104(85)118)31-39-119-105(80)86-21-5-13-61-45-71-52-72-46-62-14-6-22-87-98(62)126(72)111(119,125(71)97(61)86)120-40-32-81-90(106(87)120)54-92-91-49-66-56-114-34-26-76(66)107-88-23-7-15-63-47-73-53-74-48-64-16-8-24-89-100(64)128(74)112(129(91)107,127(73)99(63)88)130(92)108(81)89/h1-49,54-56H,50-53H2/q+8. The van der Waals surface area contributed by atoms with Crippen LogP contribution in [-0.4, -0.2) is 46.5 Å². The summed E-state index contributed by atoms with van der Waals surface area (Å²) in [6.07, 6.45) is 26.0. The summed E-state index contributed by atoms with van der Waals surface area (Å²) in [6.45, 7) is 0. The molecule has 0 fully saturated rings. The van der Waals surface area contributed by atoms with Crippen LogP contribution in [0.25, 0.3) is 243 Å². The van der Waals surface area contributed by atoms with Crippen LogP contribution in [0, 0.1) is 0 Å². The van der Waals surface area contributed by atoms with E-state index in [1.165, 1.54) is 272 Å². The molecule has 18 heteroatoms. The fourth-order valence-corrected chi connectivity index (χ4v) is 30.1. The molecule has 4 spiro atoms. The Balaban J connectivity index is 0.617. The first-order valence-electron chi connectivity index (χ1n) is 45.6. The largest absolute Gasteiger partial charge is 0.553 e. The molecule has 18 nitrogen and oxygen atoms in total. The summed E-state index contributed by atoms with van der Waals surface area (Å²) in [7, 11) is 0. The lowest BCUT2D eigenvalue weighted by molar-refractivity contribution is -1.00. The predicted molar refractivity (Wildman–Crippen MR) is 491 cm³/mol. The second kappa shape index (κ2) is 19.0. The number of pyridine rings is 10. The van der Waals surface area contributed by atoms with Crippen molar-refractivity contribution in [2.24, 2.45) is 0 Å². The van der Waals surface area contributed by atoms with Crippen LogP contribution in [0.15, 0.2) is 317 Å². The second-order valence-electron chi connectivity index (χ2n) is 38.9. The summed E-state index contributed by atoms with van der Waals surface area (Å²) < 4.78 is 43.6. The van der Waals surface area contributed by atoms with Crippen molar-refractivity contribution in [1.29, 1.82) is 0 Å². The van der Waals surface area contributed by atoms with E-state index in [-0.39, 0.29) is 0 Å². The molecule has 0 radical (unpaired) electrons. The minimum atomic E-state index is -1.07. The van der Waals surface area contributed by atoms with E-state index in [1.54, 1.807) is 0 Å². The molecule has 0 aliphatic carbocycles. The van der Waals surface area contributed by atoms with Crippen LogP contribution >= 0.6 is 0 Å². The van der Waals surface area contributed by atoms with E-state index >= 15 is 0 Å². The van der Waals surface area contributed by atoms with Crippen molar-refractivity contribution in [2.45, 2.75) is 49.3 Å². The zero-order valence-corrected chi connectivity index (χ0v) is 68.9.